The van der Waals surface area contributed by atoms with Crippen LogP contribution in [0.4, 0.5) is 0 Å². The number of hydrogen-bond acceptors (Lipinski definition) is 3. The zero-order valence-electron chi connectivity index (χ0n) is 12.4. The largest absolute Gasteiger partial charge is 0.379 e. The van der Waals surface area contributed by atoms with Crippen LogP contribution < -0.4 is 0 Å². The van der Waals surface area contributed by atoms with E-state index in [1.165, 1.54) is 6.42 Å². The van der Waals surface area contributed by atoms with E-state index < -0.39 is 0 Å². The number of hydrogen-bond donors (Lipinski definition) is 0. The molecule has 3 rings (SSSR count). The van der Waals surface area contributed by atoms with Gasteiger partial charge in [-0.2, -0.15) is 0 Å². The van der Waals surface area contributed by atoms with Crippen molar-refractivity contribution in [3.05, 3.63) is 11.6 Å². The molecule has 1 spiro atoms. The summed E-state index contributed by atoms with van der Waals surface area (Å²) < 4.78 is 11.4. The standard InChI is InChI=1S/C16H25NO3/c1-19-14-10-16(20-11-14)8-5-9-17(12-16)15(18)13-6-3-2-4-7-13/h6,14H,2-5,7-12H2,1H3/t14-,16-/m0/s1. The van der Waals surface area contributed by atoms with Gasteiger partial charge in [-0.1, -0.05) is 6.08 Å². The molecule has 4 heteroatoms. The summed E-state index contributed by atoms with van der Waals surface area (Å²) in [6, 6.07) is 0. The molecule has 1 amide bonds. The molecule has 4 nitrogen and oxygen atoms in total. The maximum absolute atomic E-state index is 12.6. The molecule has 0 saturated carbocycles. The number of likely N-dealkylation sites (tertiary alicyclic amines) is 1. The van der Waals surface area contributed by atoms with E-state index in [2.05, 4.69) is 6.08 Å². The maximum Gasteiger partial charge on any atom is 0.249 e. The fourth-order valence-electron chi connectivity index (χ4n) is 3.75. The molecule has 3 aliphatic rings. The quantitative estimate of drug-likeness (QED) is 0.778. The number of allylic oxidation sites excluding steroid dienone is 1. The van der Waals surface area contributed by atoms with Gasteiger partial charge in [-0.25, -0.2) is 0 Å². The van der Waals surface area contributed by atoms with Crippen LogP contribution >= 0.6 is 0 Å². The van der Waals surface area contributed by atoms with E-state index in [0.717, 1.165) is 57.2 Å². The maximum atomic E-state index is 12.6. The van der Waals surface area contributed by atoms with Crippen LogP contribution in [0.15, 0.2) is 11.6 Å². The number of carbonyl (C=O) groups is 1. The van der Waals surface area contributed by atoms with Gasteiger partial charge in [-0.15, -0.1) is 0 Å². The first kappa shape index (κ1) is 14.1. The summed E-state index contributed by atoms with van der Waals surface area (Å²) in [5.41, 5.74) is 0.874. The van der Waals surface area contributed by atoms with E-state index in [9.17, 15) is 4.79 Å². The Labute approximate surface area is 121 Å². The summed E-state index contributed by atoms with van der Waals surface area (Å²) in [6.07, 6.45) is 9.72. The van der Waals surface area contributed by atoms with Crippen molar-refractivity contribution < 1.29 is 14.3 Å². The molecule has 112 valence electrons. The third-order valence-corrected chi connectivity index (χ3v) is 4.90. The van der Waals surface area contributed by atoms with Gasteiger partial charge < -0.3 is 14.4 Å². The van der Waals surface area contributed by atoms with Crippen LogP contribution in [0.3, 0.4) is 0 Å². The molecule has 20 heavy (non-hydrogen) atoms. The topological polar surface area (TPSA) is 38.8 Å². The normalized spacial score (nSPS) is 34.4. The summed E-state index contributed by atoms with van der Waals surface area (Å²) in [5.74, 6) is 0.244. The molecule has 0 aromatic rings. The highest BCUT2D eigenvalue weighted by molar-refractivity contribution is 5.93. The van der Waals surface area contributed by atoms with Gasteiger partial charge in [0.2, 0.25) is 5.91 Å². The first-order valence-corrected chi connectivity index (χ1v) is 7.87. The van der Waals surface area contributed by atoms with Crippen LogP contribution in [-0.2, 0) is 14.3 Å². The summed E-state index contributed by atoms with van der Waals surface area (Å²) >= 11 is 0. The Kier molecular flexibility index (Phi) is 4.13. The van der Waals surface area contributed by atoms with Crippen LogP contribution in [-0.4, -0.2) is 49.3 Å². The van der Waals surface area contributed by atoms with Crippen molar-refractivity contribution >= 4 is 5.91 Å². The predicted molar refractivity (Wildman–Crippen MR) is 76.5 cm³/mol. The minimum Gasteiger partial charge on any atom is -0.379 e. The second-order valence-electron chi connectivity index (χ2n) is 6.36. The average Bonchev–Trinajstić information content (AvgIpc) is 2.90. The second-order valence-corrected chi connectivity index (χ2v) is 6.36. The van der Waals surface area contributed by atoms with Gasteiger partial charge in [-0.05, 0) is 38.5 Å². The van der Waals surface area contributed by atoms with Crippen molar-refractivity contribution in [1.29, 1.82) is 0 Å². The molecular weight excluding hydrogens is 254 g/mol. The summed E-state index contributed by atoms with van der Waals surface area (Å²) in [4.78, 5) is 14.6. The molecule has 0 aromatic carbocycles. The smallest absolute Gasteiger partial charge is 0.249 e. The van der Waals surface area contributed by atoms with E-state index in [4.69, 9.17) is 9.47 Å². The van der Waals surface area contributed by atoms with Crippen LogP contribution in [0.5, 0.6) is 0 Å². The highest BCUT2D eigenvalue weighted by Gasteiger charge is 2.44. The number of rotatable bonds is 2. The third kappa shape index (κ3) is 2.77. The molecule has 2 aliphatic heterocycles. The van der Waals surface area contributed by atoms with Crippen molar-refractivity contribution in [1.82, 2.24) is 4.90 Å². The number of methoxy groups -OCH3 is 1. The van der Waals surface area contributed by atoms with E-state index in [1.54, 1.807) is 7.11 Å². The Balaban J connectivity index is 1.66. The lowest BCUT2D eigenvalue weighted by molar-refractivity contribution is -0.135. The van der Waals surface area contributed by atoms with Gasteiger partial charge in [0.25, 0.3) is 0 Å². The lowest BCUT2D eigenvalue weighted by Gasteiger charge is -2.40. The lowest BCUT2D eigenvalue weighted by Crippen LogP contribution is -2.50. The average molecular weight is 279 g/mol. The molecule has 0 N–H and O–H groups in total. The minimum absolute atomic E-state index is 0.149. The molecule has 0 bridgehead atoms. The number of ether oxygens (including phenoxy) is 2. The summed E-state index contributed by atoms with van der Waals surface area (Å²) in [7, 11) is 1.74. The van der Waals surface area contributed by atoms with Crippen LogP contribution in [0.1, 0.15) is 44.9 Å². The molecule has 0 aromatic heterocycles. The number of carbonyl (C=O) groups excluding carboxylic acids is 1. The van der Waals surface area contributed by atoms with E-state index in [0.29, 0.717) is 6.61 Å². The second kappa shape index (κ2) is 5.86. The van der Waals surface area contributed by atoms with Crippen molar-refractivity contribution in [2.75, 3.05) is 26.8 Å². The van der Waals surface area contributed by atoms with Gasteiger partial charge in [0, 0.05) is 25.6 Å². The molecule has 0 radical (unpaired) electrons. The molecule has 2 atom stereocenters. The van der Waals surface area contributed by atoms with Gasteiger partial charge in [-0.3, -0.25) is 4.79 Å². The molecule has 0 unspecified atom stereocenters. The SMILES string of the molecule is CO[C@@H]1CO[C@@]2(CCCN(C(=O)C3=CCCCC3)C2)C1. The zero-order valence-corrected chi connectivity index (χ0v) is 12.4. The zero-order chi connectivity index (χ0) is 14.0. The number of piperidine rings is 1. The van der Waals surface area contributed by atoms with Gasteiger partial charge in [0.1, 0.15) is 0 Å². The van der Waals surface area contributed by atoms with E-state index in [-0.39, 0.29) is 17.6 Å². The Morgan fingerprint density at radius 3 is 3.05 bits per heavy atom. The van der Waals surface area contributed by atoms with E-state index in [1.807, 2.05) is 4.90 Å². The third-order valence-electron chi connectivity index (χ3n) is 4.90. The van der Waals surface area contributed by atoms with Gasteiger partial charge in [0.05, 0.1) is 24.9 Å². The number of amides is 1. The van der Waals surface area contributed by atoms with Crippen molar-refractivity contribution in [2.45, 2.75) is 56.7 Å². The lowest BCUT2D eigenvalue weighted by atomic mass is 9.88. The predicted octanol–water partition coefficient (Wildman–Crippen LogP) is 2.28. The fraction of sp³-hybridized carbons (Fsp3) is 0.812. The van der Waals surface area contributed by atoms with Crippen molar-refractivity contribution in [3.63, 3.8) is 0 Å². The first-order valence-electron chi connectivity index (χ1n) is 7.87. The Hall–Kier alpha value is -0.870. The molecule has 2 heterocycles. The van der Waals surface area contributed by atoms with E-state index >= 15 is 0 Å². The monoisotopic (exact) mass is 279 g/mol. The highest BCUT2D eigenvalue weighted by atomic mass is 16.6. The van der Waals surface area contributed by atoms with Crippen LogP contribution in [0, 0.1) is 0 Å². The van der Waals surface area contributed by atoms with Gasteiger partial charge in [0.15, 0.2) is 0 Å². The highest BCUT2D eigenvalue weighted by Crippen LogP contribution is 2.36. The minimum atomic E-state index is -0.149. The first-order chi connectivity index (χ1) is 9.72. The Morgan fingerprint density at radius 1 is 1.45 bits per heavy atom. The number of nitrogens with zero attached hydrogens (tertiary/aromatic N) is 1. The molecular formula is C16H25NO3. The van der Waals surface area contributed by atoms with Crippen molar-refractivity contribution in [3.8, 4) is 0 Å². The molecule has 2 saturated heterocycles. The summed E-state index contributed by atoms with van der Waals surface area (Å²) in [5, 5.41) is 0. The van der Waals surface area contributed by atoms with Crippen LogP contribution in [0.25, 0.3) is 0 Å². The Bertz CT molecular complexity index is 407. The van der Waals surface area contributed by atoms with Gasteiger partial charge >= 0.3 is 0 Å². The van der Waals surface area contributed by atoms with Crippen molar-refractivity contribution in [2.24, 2.45) is 0 Å². The Morgan fingerprint density at radius 2 is 2.35 bits per heavy atom. The molecule has 2 fully saturated rings. The van der Waals surface area contributed by atoms with Crippen LogP contribution in [0.2, 0.25) is 0 Å². The summed E-state index contributed by atoms with van der Waals surface area (Å²) in [6.45, 7) is 2.28. The fourth-order valence-corrected chi connectivity index (χ4v) is 3.75. The molecule has 1 aliphatic carbocycles.